The third-order valence-electron chi connectivity index (χ3n) is 1.81. The summed E-state index contributed by atoms with van der Waals surface area (Å²) in [5.41, 5.74) is 0.266. The van der Waals surface area contributed by atoms with Crippen molar-refractivity contribution < 1.29 is 4.74 Å². The van der Waals surface area contributed by atoms with Crippen LogP contribution in [0.5, 0.6) is 0 Å². The van der Waals surface area contributed by atoms with Gasteiger partial charge in [0.15, 0.2) is 0 Å². The van der Waals surface area contributed by atoms with Crippen LogP contribution in [0.2, 0.25) is 0 Å². The Labute approximate surface area is 81.4 Å². The molecule has 0 unspecified atom stereocenters. The molecule has 0 saturated heterocycles. The summed E-state index contributed by atoms with van der Waals surface area (Å²) in [6.07, 6.45) is 2.60. The van der Waals surface area contributed by atoms with Crippen molar-refractivity contribution in [2.45, 2.75) is 46.6 Å². The van der Waals surface area contributed by atoms with Gasteiger partial charge in [0.2, 0.25) is 0 Å². The quantitative estimate of drug-likeness (QED) is 0.463. The van der Waals surface area contributed by atoms with Crippen LogP contribution in [-0.2, 0) is 4.74 Å². The zero-order valence-corrected chi connectivity index (χ0v) is 9.45. The third kappa shape index (κ3) is 6.93. The van der Waals surface area contributed by atoms with E-state index in [0.29, 0.717) is 6.10 Å². The number of halogens is 1. The van der Waals surface area contributed by atoms with E-state index in [9.17, 15) is 0 Å². The molecule has 0 aliphatic rings. The molecule has 0 aromatic rings. The highest BCUT2D eigenvalue weighted by Crippen LogP contribution is 2.23. The molecule has 0 fully saturated rings. The maximum atomic E-state index is 5.79. The molecule has 0 spiro atoms. The Bertz CT molecular complexity index is 110. The van der Waals surface area contributed by atoms with E-state index < -0.39 is 0 Å². The van der Waals surface area contributed by atoms with E-state index in [1.54, 1.807) is 0 Å². The van der Waals surface area contributed by atoms with E-state index in [2.05, 4.69) is 27.7 Å². The topological polar surface area (TPSA) is 9.23 Å². The molecule has 0 amide bonds. The van der Waals surface area contributed by atoms with Gasteiger partial charge in [0, 0.05) is 12.5 Å². The van der Waals surface area contributed by atoms with E-state index in [1.807, 2.05) is 0 Å². The second kappa shape index (κ2) is 5.82. The summed E-state index contributed by atoms with van der Waals surface area (Å²) >= 11 is 5.79. The van der Waals surface area contributed by atoms with Crippen LogP contribution >= 0.6 is 11.6 Å². The van der Waals surface area contributed by atoms with Crippen LogP contribution in [0.25, 0.3) is 0 Å². The molecule has 0 heterocycles. The minimum Gasteiger partial charge on any atom is -0.379 e. The molecule has 0 aliphatic heterocycles. The molecule has 2 heteroatoms. The molecule has 74 valence electrons. The Morgan fingerprint density at radius 2 is 1.92 bits per heavy atom. The fourth-order valence-corrected chi connectivity index (χ4v) is 1.07. The smallest absolute Gasteiger partial charge is 0.0518 e. The molecule has 0 aromatic heterocycles. The van der Waals surface area contributed by atoms with Crippen LogP contribution in [0.4, 0.5) is 0 Å². The van der Waals surface area contributed by atoms with E-state index >= 15 is 0 Å². The van der Waals surface area contributed by atoms with Crippen LogP contribution < -0.4 is 0 Å². The molecular formula is C10H21ClO. The van der Waals surface area contributed by atoms with Crippen molar-refractivity contribution in [1.29, 1.82) is 0 Å². The summed E-state index contributed by atoms with van der Waals surface area (Å²) in [6.45, 7) is 9.36. The minimum atomic E-state index is 0.266. The van der Waals surface area contributed by atoms with Crippen LogP contribution in [0.3, 0.4) is 0 Å². The molecule has 0 bridgehead atoms. The molecule has 0 atom stereocenters. The van der Waals surface area contributed by atoms with Crippen molar-refractivity contribution in [3.05, 3.63) is 0 Å². The number of hydrogen-bond donors (Lipinski definition) is 0. The van der Waals surface area contributed by atoms with Gasteiger partial charge in [-0.2, -0.15) is 0 Å². The maximum absolute atomic E-state index is 5.79. The van der Waals surface area contributed by atoms with Gasteiger partial charge < -0.3 is 4.74 Å². The first-order chi connectivity index (χ1) is 5.48. The largest absolute Gasteiger partial charge is 0.379 e. The second-order valence-electron chi connectivity index (χ2n) is 4.32. The molecule has 0 aromatic carbocycles. The Kier molecular flexibility index (Phi) is 5.94. The van der Waals surface area contributed by atoms with Crippen molar-refractivity contribution in [2.75, 3.05) is 12.5 Å². The Morgan fingerprint density at radius 3 is 2.33 bits per heavy atom. The lowest BCUT2D eigenvalue weighted by Gasteiger charge is -2.21. The van der Waals surface area contributed by atoms with Gasteiger partial charge in [-0.15, -0.1) is 11.6 Å². The number of ether oxygens (including phenoxy) is 1. The minimum absolute atomic E-state index is 0.266. The van der Waals surface area contributed by atoms with Crippen LogP contribution in [0, 0.1) is 5.41 Å². The van der Waals surface area contributed by atoms with Crippen LogP contribution in [0.1, 0.15) is 40.5 Å². The van der Waals surface area contributed by atoms with Gasteiger partial charge in [-0.25, -0.2) is 0 Å². The van der Waals surface area contributed by atoms with Gasteiger partial charge in [-0.3, -0.25) is 0 Å². The summed E-state index contributed by atoms with van der Waals surface area (Å²) in [7, 11) is 0. The number of alkyl halides is 1. The molecular weight excluding hydrogens is 172 g/mol. The number of rotatable bonds is 6. The fourth-order valence-electron chi connectivity index (χ4n) is 0.937. The summed E-state index contributed by atoms with van der Waals surface area (Å²) in [6, 6.07) is 0. The second-order valence-corrected chi connectivity index (χ2v) is 4.59. The predicted molar refractivity (Wildman–Crippen MR) is 54.8 cm³/mol. The average Bonchev–Trinajstić information content (AvgIpc) is 1.98. The summed E-state index contributed by atoms with van der Waals surface area (Å²) in [5.74, 6) is 0.731. The lowest BCUT2D eigenvalue weighted by molar-refractivity contribution is 0.0712. The van der Waals surface area contributed by atoms with E-state index in [1.165, 1.54) is 0 Å². The zero-order valence-electron chi connectivity index (χ0n) is 8.69. The highest BCUT2D eigenvalue weighted by Gasteiger charge is 2.15. The highest BCUT2D eigenvalue weighted by molar-refractivity contribution is 6.18. The lowest BCUT2D eigenvalue weighted by Crippen LogP contribution is -2.15. The first-order valence-corrected chi connectivity index (χ1v) is 5.19. The molecule has 0 aliphatic carbocycles. The Balaban J connectivity index is 3.31. The normalized spacial score (nSPS) is 12.5. The maximum Gasteiger partial charge on any atom is 0.0518 e. The summed E-state index contributed by atoms with van der Waals surface area (Å²) in [5, 5.41) is 0. The Hall–Kier alpha value is 0.250. The van der Waals surface area contributed by atoms with Crippen molar-refractivity contribution in [3.63, 3.8) is 0 Å². The SMILES string of the molecule is CC(C)OCCCC(C)(C)CCl. The lowest BCUT2D eigenvalue weighted by atomic mass is 9.90. The van der Waals surface area contributed by atoms with Crippen molar-refractivity contribution in [3.8, 4) is 0 Å². The van der Waals surface area contributed by atoms with Gasteiger partial charge in [-0.1, -0.05) is 13.8 Å². The van der Waals surface area contributed by atoms with Crippen LogP contribution in [0.15, 0.2) is 0 Å². The van der Waals surface area contributed by atoms with Gasteiger partial charge >= 0.3 is 0 Å². The highest BCUT2D eigenvalue weighted by atomic mass is 35.5. The number of hydrogen-bond acceptors (Lipinski definition) is 1. The van der Waals surface area contributed by atoms with Gasteiger partial charge in [-0.05, 0) is 32.1 Å². The molecule has 0 rings (SSSR count). The van der Waals surface area contributed by atoms with Crippen molar-refractivity contribution >= 4 is 11.6 Å². The first kappa shape index (κ1) is 12.2. The zero-order chi connectivity index (χ0) is 9.61. The Morgan fingerprint density at radius 1 is 1.33 bits per heavy atom. The monoisotopic (exact) mass is 192 g/mol. The first-order valence-electron chi connectivity index (χ1n) is 4.65. The van der Waals surface area contributed by atoms with Gasteiger partial charge in [0.25, 0.3) is 0 Å². The van der Waals surface area contributed by atoms with E-state index in [4.69, 9.17) is 16.3 Å². The third-order valence-corrected chi connectivity index (χ3v) is 2.53. The average molecular weight is 193 g/mol. The molecule has 12 heavy (non-hydrogen) atoms. The molecule has 0 radical (unpaired) electrons. The fraction of sp³-hybridized carbons (Fsp3) is 1.00. The van der Waals surface area contributed by atoms with Gasteiger partial charge in [0.1, 0.15) is 0 Å². The predicted octanol–water partition coefficient (Wildman–Crippen LogP) is 3.46. The molecule has 0 N–H and O–H groups in total. The summed E-state index contributed by atoms with van der Waals surface area (Å²) in [4.78, 5) is 0. The standard InChI is InChI=1S/C10H21ClO/c1-9(2)12-7-5-6-10(3,4)8-11/h9H,5-8H2,1-4H3. The molecule has 1 nitrogen and oxygen atoms in total. The van der Waals surface area contributed by atoms with Crippen molar-refractivity contribution in [1.82, 2.24) is 0 Å². The molecule has 0 saturated carbocycles. The van der Waals surface area contributed by atoms with E-state index in [0.717, 1.165) is 25.3 Å². The van der Waals surface area contributed by atoms with Crippen LogP contribution in [-0.4, -0.2) is 18.6 Å². The van der Waals surface area contributed by atoms with Gasteiger partial charge in [0.05, 0.1) is 6.10 Å². The summed E-state index contributed by atoms with van der Waals surface area (Å²) < 4.78 is 5.44. The van der Waals surface area contributed by atoms with E-state index in [-0.39, 0.29) is 5.41 Å². The van der Waals surface area contributed by atoms with Crippen molar-refractivity contribution in [2.24, 2.45) is 5.41 Å².